The summed E-state index contributed by atoms with van der Waals surface area (Å²) in [5.74, 6) is 0.842. The topological polar surface area (TPSA) is 66.9 Å². The zero-order valence-electron chi connectivity index (χ0n) is 17.8. The summed E-state index contributed by atoms with van der Waals surface area (Å²) in [7, 11) is 0. The second-order valence-corrected chi connectivity index (χ2v) is 8.58. The van der Waals surface area contributed by atoms with Gasteiger partial charge < -0.3 is 10.6 Å². The van der Waals surface area contributed by atoms with Crippen LogP contribution in [0, 0.1) is 5.92 Å². The molecule has 0 aliphatic heterocycles. The molecule has 9 heteroatoms. The predicted octanol–water partition coefficient (Wildman–Crippen LogP) is 6.42. The summed E-state index contributed by atoms with van der Waals surface area (Å²) in [5.41, 5.74) is 1.80. The van der Waals surface area contributed by atoms with E-state index in [9.17, 15) is 18.0 Å². The van der Waals surface area contributed by atoms with E-state index in [1.54, 1.807) is 34.7 Å². The standard InChI is InChI=1S/C25H19F3IN4O/c1-15-7-8-17(9-21(15)25(26,27)28)13-31-24-20-11-18(30-12-16-5-3-2-4-6-16)10-19(23(29)34)22(20)32-14-33-24/h2-11,14,30H,1,12-13H2,(H,31,32,33)/q-1. The fraction of sp³-hybridized carbons (Fsp3) is 0.120. The molecule has 1 aromatic heterocycles. The number of fused-ring (bicyclic) bond motifs is 1. The first kappa shape index (κ1) is 23.8. The largest absolute Gasteiger partial charge is 0.381 e. The summed E-state index contributed by atoms with van der Waals surface area (Å²) in [6, 6.07) is 13.4. The zero-order valence-corrected chi connectivity index (χ0v) is 19.9. The predicted molar refractivity (Wildman–Crippen MR) is 136 cm³/mol. The van der Waals surface area contributed by atoms with Crippen LogP contribution in [0.3, 0.4) is 0 Å². The third-order valence-corrected chi connectivity index (χ3v) is 5.81. The number of alkyl halides is 3. The van der Waals surface area contributed by atoms with Crippen molar-refractivity contribution in [3.8, 4) is 0 Å². The summed E-state index contributed by atoms with van der Waals surface area (Å²) in [5, 5.41) is 6.99. The molecule has 2 N–H and O–H groups in total. The molecule has 34 heavy (non-hydrogen) atoms. The van der Waals surface area contributed by atoms with E-state index in [1.807, 2.05) is 36.4 Å². The van der Waals surface area contributed by atoms with Crippen molar-refractivity contribution < 1.29 is 18.0 Å². The highest BCUT2D eigenvalue weighted by Crippen LogP contribution is 2.36. The molecule has 174 valence electrons. The van der Waals surface area contributed by atoms with Gasteiger partial charge in [-0.15, -0.1) is 18.1 Å². The van der Waals surface area contributed by atoms with Gasteiger partial charge in [0.2, 0.25) is 3.79 Å². The molecule has 0 atom stereocenters. The second-order valence-electron chi connectivity index (χ2n) is 7.60. The van der Waals surface area contributed by atoms with E-state index in [-0.39, 0.29) is 15.9 Å². The number of halogens is 4. The maximum absolute atomic E-state index is 13.2. The van der Waals surface area contributed by atoms with Gasteiger partial charge in [0.15, 0.2) is 0 Å². The molecule has 0 fully saturated rings. The van der Waals surface area contributed by atoms with Gasteiger partial charge >= 0.3 is 6.18 Å². The summed E-state index contributed by atoms with van der Waals surface area (Å²) in [4.78, 5) is 20.9. The van der Waals surface area contributed by atoms with Gasteiger partial charge in [-0.1, -0.05) is 30.3 Å². The minimum atomic E-state index is -4.48. The Balaban J connectivity index is 1.62. The molecule has 0 amide bonds. The Morgan fingerprint density at radius 3 is 2.59 bits per heavy atom. The number of anilines is 2. The van der Waals surface area contributed by atoms with Crippen molar-refractivity contribution in [2.75, 3.05) is 17.2 Å². The molecule has 2 aromatic carbocycles. The average Bonchev–Trinajstić information content (AvgIpc) is 2.81. The molecule has 0 spiro atoms. The number of carbonyl (C=O) groups excluding carboxylic acids is 1. The number of benzene rings is 2. The SMILES string of the molecule is C=C1C=C[C-](CNc2ncnc3c(C(=O)I)cc(NCc4ccccc4)cc23)C=C1C(F)(F)F. The lowest BCUT2D eigenvalue weighted by atomic mass is 9.93. The molecule has 1 aliphatic rings. The van der Waals surface area contributed by atoms with Gasteiger partial charge in [-0.05, 0) is 29.8 Å². The molecular formula is C25H19F3IN4O-. The molecule has 0 saturated carbocycles. The summed E-state index contributed by atoms with van der Waals surface area (Å²) in [6.45, 7) is 4.11. The molecular weight excluding hydrogens is 556 g/mol. The first-order valence-electron chi connectivity index (χ1n) is 10.2. The highest BCUT2D eigenvalue weighted by molar-refractivity contribution is 14.1. The van der Waals surface area contributed by atoms with Crippen molar-refractivity contribution in [3.63, 3.8) is 0 Å². The van der Waals surface area contributed by atoms with Crippen molar-refractivity contribution >= 4 is 48.8 Å². The van der Waals surface area contributed by atoms with Crippen LogP contribution < -0.4 is 10.6 Å². The molecule has 0 bridgehead atoms. The van der Waals surface area contributed by atoms with Crippen molar-refractivity contribution in [3.05, 3.63) is 102 Å². The first-order chi connectivity index (χ1) is 16.2. The number of carbonyl (C=O) groups is 1. The third kappa shape index (κ3) is 5.41. The van der Waals surface area contributed by atoms with Gasteiger partial charge in [0.1, 0.15) is 12.1 Å². The quantitative estimate of drug-likeness (QED) is 0.194. The molecule has 4 rings (SSSR count). The number of hydrogen-bond donors (Lipinski definition) is 2. The first-order valence-corrected chi connectivity index (χ1v) is 11.3. The number of nitrogens with one attached hydrogen (secondary N) is 2. The van der Waals surface area contributed by atoms with Crippen LogP contribution >= 0.6 is 22.6 Å². The average molecular weight is 575 g/mol. The van der Waals surface area contributed by atoms with Gasteiger partial charge in [-0.2, -0.15) is 31.4 Å². The van der Waals surface area contributed by atoms with E-state index in [2.05, 4.69) is 27.2 Å². The third-order valence-electron chi connectivity index (χ3n) is 5.23. The van der Waals surface area contributed by atoms with Crippen molar-refractivity contribution in [1.29, 1.82) is 0 Å². The van der Waals surface area contributed by atoms with Crippen LogP contribution in [0.4, 0.5) is 24.7 Å². The van der Waals surface area contributed by atoms with Crippen LogP contribution in [0.2, 0.25) is 0 Å². The van der Waals surface area contributed by atoms with E-state index in [0.717, 1.165) is 11.6 Å². The van der Waals surface area contributed by atoms with Crippen molar-refractivity contribution in [2.24, 2.45) is 0 Å². The molecule has 5 nitrogen and oxygen atoms in total. The molecule has 1 aliphatic carbocycles. The minimum absolute atomic E-state index is 0.0805. The van der Waals surface area contributed by atoms with Crippen LogP contribution in [-0.4, -0.2) is 26.5 Å². The highest BCUT2D eigenvalue weighted by atomic mass is 127. The molecule has 3 aromatic rings. The maximum atomic E-state index is 13.2. The van der Waals surface area contributed by atoms with E-state index in [1.165, 1.54) is 12.4 Å². The lowest BCUT2D eigenvalue weighted by Crippen LogP contribution is -2.19. The Hall–Kier alpha value is -3.34. The number of rotatable bonds is 7. The Bertz CT molecular complexity index is 1300. The van der Waals surface area contributed by atoms with Gasteiger partial charge in [-0.25, -0.2) is 9.97 Å². The fourth-order valence-electron chi connectivity index (χ4n) is 3.54. The normalized spacial score (nSPS) is 13.7. The van der Waals surface area contributed by atoms with E-state index < -0.39 is 11.7 Å². The monoisotopic (exact) mass is 575 g/mol. The van der Waals surface area contributed by atoms with Gasteiger partial charge in [0, 0.05) is 40.2 Å². The lowest BCUT2D eigenvalue weighted by molar-refractivity contribution is -0.0891. The summed E-state index contributed by atoms with van der Waals surface area (Å²) >= 11 is 1.71. The fourth-order valence-corrected chi connectivity index (χ4v) is 3.96. The molecule has 0 saturated heterocycles. The number of allylic oxidation sites excluding steroid dienone is 3. The molecule has 0 radical (unpaired) electrons. The summed E-state index contributed by atoms with van der Waals surface area (Å²) in [6.07, 6.45) is 0.844. The second kappa shape index (κ2) is 9.88. The Morgan fingerprint density at radius 1 is 1.12 bits per heavy atom. The smallest absolute Gasteiger partial charge is 0.370 e. The lowest BCUT2D eigenvalue weighted by Gasteiger charge is -2.28. The minimum Gasteiger partial charge on any atom is -0.381 e. The highest BCUT2D eigenvalue weighted by Gasteiger charge is 2.29. The van der Waals surface area contributed by atoms with Gasteiger partial charge in [0.25, 0.3) is 0 Å². The number of aromatic nitrogens is 2. The van der Waals surface area contributed by atoms with Crippen molar-refractivity contribution in [2.45, 2.75) is 12.7 Å². The molecule has 0 unspecified atom stereocenters. The summed E-state index contributed by atoms with van der Waals surface area (Å²) < 4.78 is 39.5. The number of hydrogen-bond acceptors (Lipinski definition) is 5. The van der Waals surface area contributed by atoms with Crippen LogP contribution in [0.1, 0.15) is 15.9 Å². The van der Waals surface area contributed by atoms with Crippen LogP contribution in [0.25, 0.3) is 10.9 Å². The Morgan fingerprint density at radius 2 is 1.88 bits per heavy atom. The van der Waals surface area contributed by atoms with E-state index >= 15 is 0 Å². The van der Waals surface area contributed by atoms with E-state index in [0.29, 0.717) is 40.4 Å². The van der Waals surface area contributed by atoms with Crippen molar-refractivity contribution in [1.82, 2.24) is 9.97 Å². The Labute approximate surface area is 208 Å². The van der Waals surface area contributed by atoms with Crippen LogP contribution in [-0.2, 0) is 6.54 Å². The van der Waals surface area contributed by atoms with Gasteiger partial charge in [0.05, 0.1) is 11.1 Å². The number of nitrogens with zero attached hydrogens (tertiary/aromatic N) is 2. The Kier molecular flexibility index (Phi) is 6.92. The van der Waals surface area contributed by atoms with Crippen LogP contribution in [0.15, 0.2) is 84.7 Å². The zero-order chi connectivity index (χ0) is 24.3. The molecule has 1 heterocycles. The van der Waals surface area contributed by atoms with E-state index in [4.69, 9.17) is 0 Å². The van der Waals surface area contributed by atoms with Crippen LogP contribution in [0.5, 0.6) is 0 Å². The van der Waals surface area contributed by atoms with Gasteiger partial charge in [-0.3, -0.25) is 4.79 Å². The maximum Gasteiger partial charge on any atom is 0.370 e.